The van der Waals surface area contributed by atoms with Crippen molar-refractivity contribution in [2.45, 2.75) is 0 Å². The van der Waals surface area contributed by atoms with Crippen LogP contribution in [0, 0.1) is 0 Å². The maximum absolute atomic E-state index is 2.46. The van der Waals surface area contributed by atoms with Gasteiger partial charge in [0.2, 0.25) is 0 Å². The Labute approximate surface area is 285 Å². The molecule has 0 nitrogen and oxygen atoms in total. The Hall–Kier alpha value is -6.02. The molecule has 224 valence electrons. The number of rotatable bonds is 2. The Balaban J connectivity index is 1.18. The van der Waals surface area contributed by atoms with Gasteiger partial charge < -0.3 is 0 Å². The standard InChI is InChI=1S/C48H26S/c1-2-8-30-25-31(16-15-27(30)7-1)33-21-17-28-20-24-37-34(22-18-29-19-23-36(33)43(28)44(29)37)41-26-32-9-5-12-39-45(32)46-35(41)11-6-13-40(46)48-47(39)38-10-3-4-14-42(38)49-48/h1-26H. The van der Waals surface area contributed by atoms with Crippen LogP contribution in [0.15, 0.2) is 158 Å². The van der Waals surface area contributed by atoms with Crippen molar-refractivity contribution in [2.24, 2.45) is 0 Å². The normalized spacial score (nSPS) is 12.5. The highest BCUT2D eigenvalue weighted by atomic mass is 32.1. The van der Waals surface area contributed by atoms with E-state index in [0.717, 1.165) is 0 Å². The van der Waals surface area contributed by atoms with Crippen LogP contribution in [-0.4, -0.2) is 0 Å². The lowest BCUT2D eigenvalue weighted by Gasteiger charge is -2.19. The van der Waals surface area contributed by atoms with Gasteiger partial charge in [-0.3, -0.25) is 0 Å². The monoisotopic (exact) mass is 634 g/mol. The van der Waals surface area contributed by atoms with E-state index in [0.29, 0.717) is 0 Å². The summed E-state index contributed by atoms with van der Waals surface area (Å²) in [5.74, 6) is 0. The van der Waals surface area contributed by atoms with Gasteiger partial charge in [0, 0.05) is 25.6 Å². The Bertz CT molecular complexity index is 3320. The molecular weight excluding hydrogens is 609 g/mol. The van der Waals surface area contributed by atoms with Crippen LogP contribution in [0.3, 0.4) is 0 Å². The summed E-state index contributed by atoms with van der Waals surface area (Å²) in [6, 6.07) is 59.4. The van der Waals surface area contributed by atoms with E-state index < -0.39 is 0 Å². The topological polar surface area (TPSA) is 0 Å². The van der Waals surface area contributed by atoms with Gasteiger partial charge in [-0.15, -0.1) is 11.3 Å². The lowest BCUT2D eigenvalue weighted by Crippen LogP contribution is -1.92. The number of hydrogen-bond donors (Lipinski definition) is 0. The number of hydrogen-bond acceptors (Lipinski definition) is 1. The fourth-order valence-electron chi connectivity index (χ4n) is 9.02. The molecule has 0 aliphatic rings. The Morgan fingerprint density at radius 3 is 1.76 bits per heavy atom. The first-order valence-corrected chi connectivity index (χ1v) is 17.8. The molecule has 1 aromatic heterocycles. The molecule has 0 aliphatic heterocycles. The third-order valence-corrected chi connectivity index (χ3v) is 12.3. The molecule has 0 radical (unpaired) electrons. The van der Waals surface area contributed by atoms with Crippen molar-refractivity contribution in [3.63, 3.8) is 0 Å². The van der Waals surface area contributed by atoms with Gasteiger partial charge in [0.05, 0.1) is 0 Å². The van der Waals surface area contributed by atoms with Crippen LogP contribution in [0.4, 0.5) is 0 Å². The molecular formula is C48H26S. The first-order valence-electron chi connectivity index (χ1n) is 17.0. The Morgan fingerprint density at radius 2 is 0.878 bits per heavy atom. The van der Waals surface area contributed by atoms with E-state index in [4.69, 9.17) is 0 Å². The molecule has 0 amide bonds. The van der Waals surface area contributed by atoms with E-state index in [9.17, 15) is 0 Å². The summed E-state index contributed by atoms with van der Waals surface area (Å²) in [5.41, 5.74) is 5.15. The molecule has 0 fully saturated rings. The first kappa shape index (κ1) is 26.0. The Morgan fingerprint density at radius 1 is 0.286 bits per heavy atom. The second kappa shape index (κ2) is 9.32. The van der Waals surface area contributed by atoms with Gasteiger partial charge in [0.1, 0.15) is 0 Å². The largest absolute Gasteiger partial charge is 0.135 e. The molecule has 1 heteroatoms. The van der Waals surface area contributed by atoms with Gasteiger partial charge >= 0.3 is 0 Å². The van der Waals surface area contributed by atoms with Crippen LogP contribution in [0.2, 0.25) is 0 Å². The third kappa shape index (κ3) is 3.38. The summed E-state index contributed by atoms with van der Waals surface area (Å²) in [6.07, 6.45) is 0. The lowest BCUT2D eigenvalue weighted by molar-refractivity contribution is 1.69. The summed E-state index contributed by atoms with van der Waals surface area (Å²) >= 11 is 1.93. The molecule has 0 bridgehead atoms. The fraction of sp³-hybridized carbons (Fsp3) is 0. The minimum atomic E-state index is 1.26. The highest BCUT2D eigenvalue weighted by molar-refractivity contribution is 7.27. The predicted octanol–water partition coefficient (Wildman–Crippen LogP) is 14.3. The highest BCUT2D eigenvalue weighted by Crippen LogP contribution is 2.50. The molecule has 0 N–H and O–H groups in total. The molecule has 0 atom stereocenters. The molecule has 49 heavy (non-hydrogen) atoms. The van der Waals surface area contributed by atoms with Gasteiger partial charge in [-0.25, -0.2) is 0 Å². The van der Waals surface area contributed by atoms with Crippen LogP contribution in [0.1, 0.15) is 0 Å². The second-order valence-electron chi connectivity index (χ2n) is 13.6. The summed E-state index contributed by atoms with van der Waals surface area (Å²) < 4.78 is 2.74. The summed E-state index contributed by atoms with van der Waals surface area (Å²) in [4.78, 5) is 0. The van der Waals surface area contributed by atoms with Crippen LogP contribution in [-0.2, 0) is 0 Å². The average Bonchev–Trinajstić information content (AvgIpc) is 3.56. The third-order valence-electron chi connectivity index (χ3n) is 11.1. The second-order valence-corrected chi connectivity index (χ2v) is 14.6. The van der Waals surface area contributed by atoms with Crippen molar-refractivity contribution in [2.75, 3.05) is 0 Å². The van der Waals surface area contributed by atoms with E-state index in [1.165, 1.54) is 118 Å². The maximum atomic E-state index is 2.46. The van der Waals surface area contributed by atoms with Crippen LogP contribution >= 0.6 is 11.3 Å². The summed E-state index contributed by atoms with van der Waals surface area (Å²) in [7, 11) is 0. The van der Waals surface area contributed by atoms with Crippen molar-refractivity contribution < 1.29 is 0 Å². The molecule has 12 rings (SSSR count). The van der Waals surface area contributed by atoms with Gasteiger partial charge in [-0.1, -0.05) is 140 Å². The van der Waals surface area contributed by atoms with Crippen molar-refractivity contribution >= 4 is 107 Å². The molecule has 1 heterocycles. The molecule has 12 aromatic rings. The minimum absolute atomic E-state index is 1.26. The van der Waals surface area contributed by atoms with E-state index in [2.05, 4.69) is 158 Å². The van der Waals surface area contributed by atoms with Crippen molar-refractivity contribution in [3.8, 4) is 22.3 Å². The number of benzene rings is 11. The number of fused-ring (bicyclic) bond motifs is 6. The maximum Gasteiger partial charge on any atom is 0.0440 e. The summed E-state index contributed by atoms with van der Waals surface area (Å²) in [6.45, 7) is 0. The van der Waals surface area contributed by atoms with Gasteiger partial charge in [-0.05, 0) is 110 Å². The summed E-state index contributed by atoms with van der Waals surface area (Å²) in [5, 5.41) is 21.3. The zero-order valence-electron chi connectivity index (χ0n) is 26.4. The quantitative estimate of drug-likeness (QED) is 0.166. The molecule has 0 saturated heterocycles. The zero-order valence-corrected chi connectivity index (χ0v) is 27.2. The average molecular weight is 635 g/mol. The van der Waals surface area contributed by atoms with E-state index in [-0.39, 0.29) is 0 Å². The minimum Gasteiger partial charge on any atom is -0.135 e. The SMILES string of the molecule is c1ccc2cc(-c3ccc4ccc5c(-c6cc7cccc8c9c%10ccccc%10sc9c9cccc6c9c78)ccc6ccc3c4c65)ccc2c1. The zero-order chi connectivity index (χ0) is 31.8. The lowest BCUT2D eigenvalue weighted by atomic mass is 9.84. The van der Waals surface area contributed by atoms with Gasteiger partial charge in [0.25, 0.3) is 0 Å². The smallest absolute Gasteiger partial charge is 0.0440 e. The van der Waals surface area contributed by atoms with E-state index in [1.807, 2.05) is 11.3 Å². The highest BCUT2D eigenvalue weighted by Gasteiger charge is 2.21. The van der Waals surface area contributed by atoms with E-state index in [1.54, 1.807) is 0 Å². The molecule has 0 unspecified atom stereocenters. The van der Waals surface area contributed by atoms with Crippen molar-refractivity contribution in [1.82, 2.24) is 0 Å². The van der Waals surface area contributed by atoms with Crippen LogP contribution in [0.25, 0.3) is 118 Å². The number of thiophene rings is 1. The van der Waals surface area contributed by atoms with Gasteiger partial charge in [0.15, 0.2) is 0 Å². The molecule has 0 aliphatic carbocycles. The predicted molar refractivity (Wildman–Crippen MR) is 215 cm³/mol. The molecule has 0 spiro atoms. The first-order chi connectivity index (χ1) is 24.3. The molecule has 11 aromatic carbocycles. The van der Waals surface area contributed by atoms with Crippen LogP contribution in [0.5, 0.6) is 0 Å². The van der Waals surface area contributed by atoms with Crippen molar-refractivity contribution in [1.29, 1.82) is 0 Å². The van der Waals surface area contributed by atoms with Crippen molar-refractivity contribution in [3.05, 3.63) is 158 Å². The van der Waals surface area contributed by atoms with E-state index >= 15 is 0 Å². The Kier molecular flexibility index (Phi) is 4.94. The van der Waals surface area contributed by atoms with Crippen LogP contribution < -0.4 is 0 Å². The fourth-order valence-corrected chi connectivity index (χ4v) is 10.3. The van der Waals surface area contributed by atoms with Gasteiger partial charge in [-0.2, -0.15) is 0 Å². The molecule has 0 saturated carbocycles.